The summed E-state index contributed by atoms with van der Waals surface area (Å²) < 4.78 is 5.05. The summed E-state index contributed by atoms with van der Waals surface area (Å²) in [5.74, 6) is 3.05. The summed E-state index contributed by atoms with van der Waals surface area (Å²) in [6.07, 6.45) is 12.0. The highest BCUT2D eigenvalue weighted by molar-refractivity contribution is 5.78. The van der Waals surface area contributed by atoms with E-state index in [9.17, 15) is 4.79 Å². The van der Waals surface area contributed by atoms with Crippen molar-refractivity contribution in [1.29, 1.82) is 0 Å². The van der Waals surface area contributed by atoms with Crippen LogP contribution in [0.5, 0.6) is 0 Å². The fourth-order valence-electron chi connectivity index (χ4n) is 6.55. The first-order valence-electron chi connectivity index (χ1n) is 10.1. The van der Waals surface area contributed by atoms with E-state index in [4.69, 9.17) is 4.52 Å². The van der Waals surface area contributed by atoms with Gasteiger partial charge in [-0.25, -0.2) is 0 Å². The molecule has 1 amide bonds. The molecular formula is C20H29N3O2. The van der Waals surface area contributed by atoms with E-state index in [1.165, 1.54) is 44.1 Å². The summed E-state index contributed by atoms with van der Waals surface area (Å²) in [4.78, 5) is 14.8. The van der Waals surface area contributed by atoms with Crippen LogP contribution >= 0.6 is 0 Å². The molecule has 25 heavy (non-hydrogen) atoms. The predicted molar refractivity (Wildman–Crippen MR) is 94.0 cm³/mol. The van der Waals surface area contributed by atoms with Crippen molar-refractivity contribution >= 4 is 5.91 Å². The minimum absolute atomic E-state index is 0.204. The Labute approximate surface area is 149 Å². The number of amides is 1. The Kier molecular flexibility index (Phi) is 3.88. The minimum Gasteiger partial charge on any atom is -0.364 e. The van der Waals surface area contributed by atoms with Crippen molar-refractivity contribution in [2.45, 2.75) is 51.4 Å². The lowest BCUT2D eigenvalue weighted by Gasteiger charge is -2.56. The fourth-order valence-corrected chi connectivity index (χ4v) is 6.55. The lowest BCUT2D eigenvalue weighted by atomic mass is 9.49. The largest absolute Gasteiger partial charge is 0.364 e. The average Bonchev–Trinajstić information content (AvgIpc) is 2.94. The van der Waals surface area contributed by atoms with Crippen molar-refractivity contribution in [3.05, 3.63) is 17.5 Å². The average molecular weight is 343 g/mol. The fraction of sp³-hybridized carbons (Fsp3) is 0.800. The third-order valence-electron chi connectivity index (χ3n) is 7.28. The van der Waals surface area contributed by atoms with Crippen molar-refractivity contribution in [1.82, 2.24) is 15.4 Å². The van der Waals surface area contributed by atoms with Crippen molar-refractivity contribution in [2.24, 2.45) is 23.2 Å². The molecule has 4 saturated carbocycles. The number of aromatic nitrogens is 1. The summed E-state index contributed by atoms with van der Waals surface area (Å²) >= 11 is 0. The highest BCUT2D eigenvalue weighted by Crippen LogP contribution is 2.59. The first kappa shape index (κ1) is 15.9. The Morgan fingerprint density at radius 2 is 1.84 bits per heavy atom. The highest BCUT2D eigenvalue weighted by atomic mass is 16.5. The number of rotatable bonds is 4. The molecule has 0 radical (unpaired) electrons. The van der Waals surface area contributed by atoms with Gasteiger partial charge in [-0.1, -0.05) is 5.16 Å². The van der Waals surface area contributed by atoms with Crippen LogP contribution in [0.15, 0.2) is 10.8 Å². The van der Waals surface area contributed by atoms with Gasteiger partial charge in [0.15, 0.2) is 0 Å². The molecule has 4 bridgehead atoms. The lowest BCUT2D eigenvalue weighted by molar-refractivity contribution is -0.124. The summed E-state index contributed by atoms with van der Waals surface area (Å²) in [7, 11) is 0. The zero-order valence-corrected chi connectivity index (χ0v) is 15.0. The van der Waals surface area contributed by atoms with Crippen LogP contribution in [0.3, 0.4) is 0 Å². The SMILES string of the molecule is O=C(CN1CCc2conc2CC1)NCC12CC3CC(CC(C3)C1)C2. The maximum absolute atomic E-state index is 12.5. The molecule has 1 aromatic heterocycles. The number of carbonyl (C=O) groups is 1. The van der Waals surface area contributed by atoms with Crippen LogP contribution < -0.4 is 5.32 Å². The van der Waals surface area contributed by atoms with Gasteiger partial charge in [0.25, 0.3) is 0 Å². The molecule has 0 saturated heterocycles. The molecule has 1 N–H and O–H groups in total. The molecule has 5 aliphatic rings. The molecule has 0 spiro atoms. The number of fused-ring (bicyclic) bond motifs is 1. The molecule has 4 fully saturated rings. The van der Waals surface area contributed by atoms with E-state index in [1.54, 1.807) is 6.26 Å². The molecule has 0 unspecified atom stereocenters. The Hall–Kier alpha value is -1.36. The van der Waals surface area contributed by atoms with E-state index in [1.807, 2.05) is 0 Å². The predicted octanol–water partition coefficient (Wildman–Crippen LogP) is 2.41. The van der Waals surface area contributed by atoms with Crippen LogP contribution in [-0.4, -0.2) is 42.1 Å². The van der Waals surface area contributed by atoms with Crippen LogP contribution in [-0.2, 0) is 17.6 Å². The molecule has 5 nitrogen and oxygen atoms in total. The second-order valence-electron chi connectivity index (χ2n) is 9.26. The van der Waals surface area contributed by atoms with E-state index in [0.717, 1.165) is 55.9 Å². The molecular weight excluding hydrogens is 314 g/mol. The number of nitrogens with zero attached hydrogens (tertiary/aromatic N) is 2. The van der Waals surface area contributed by atoms with Gasteiger partial charge in [0, 0.05) is 31.6 Å². The van der Waals surface area contributed by atoms with Gasteiger partial charge >= 0.3 is 0 Å². The number of hydrogen-bond donors (Lipinski definition) is 1. The Morgan fingerprint density at radius 3 is 2.56 bits per heavy atom. The second kappa shape index (κ2) is 6.11. The second-order valence-corrected chi connectivity index (χ2v) is 9.26. The van der Waals surface area contributed by atoms with Gasteiger partial charge in [-0.15, -0.1) is 0 Å². The van der Waals surface area contributed by atoms with Crippen molar-refractivity contribution in [3.63, 3.8) is 0 Å². The quantitative estimate of drug-likeness (QED) is 0.912. The van der Waals surface area contributed by atoms with Crippen LogP contribution in [0.2, 0.25) is 0 Å². The van der Waals surface area contributed by atoms with Gasteiger partial charge < -0.3 is 9.84 Å². The Balaban J connectivity index is 1.13. The molecule has 4 aliphatic carbocycles. The smallest absolute Gasteiger partial charge is 0.234 e. The van der Waals surface area contributed by atoms with E-state index in [0.29, 0.717) is 12.0 Å². The number of hydrogen-bond acceptors (Lipinski definition) is 4. The molecule has 0 atom stereocenters. The molecule has 6 rings (SSSR count). The third kappa shape index (κ3) is 3.12. The van der Waals surface area contributed by atoms with Crippen LogP contribution in [0.1, 0.15) is 49.8 Å². The van der Waals surface area contributed by atoms with Gasteiger partial charge in [-0.2, -0.15) is 0 Å². The van der Waals surface area contributed by atoms with Crippen molar-refractivity contribution in [3.8, 4) is 0 Å². The van der Waals surface area contributed by atoms with Crippen LogP contribution in [0.4, 0.5) is 0 Å². The molecule has 2 heterocycles. The minimum atomic E-state index is 0.204. The summed E-state index contributed by atoms with van der Waals surface area (Å²) in [5, 5.41) is 7.38. The standard InChI is InChI=1S/C20H29N3O2/c24-19(11-23-3-1-17-12-25-22-18(17)2-4-23)21-13-20-8-14-5-15(9-20)7-16(6-14)10-20/h12,14-16H,1-11,13H2,(H,21,24). The zero-order valence-electron chi connectivity index (χ0n) is 15.0. The van der Waals surface area contributed by atoms with E-state index < -0.39 is 0 Å². The van der Waals surface area contributed by atoms with E-state index >= 15 is 0 Å². The molecule has 1 aliphatic heterocycles. The van der Waals surface area contributed by atoms with Gasteiger partial charge in [-0.3, -0.25) is 9.69 Å². The zero-order chi connectivity index (χ0) is 16.9. The van der Waals surface area contributed by atoms with Crippen LogP contribution in [0, 0.1) is 23.2 Å². The van der Waals surface area contributed by atoms with E-state index in [2.05, 4.69) is 15.4 Å². The highest BCUT2D eigenvalue weighted by Gasteiger charge is 2.50. The van der Waals surface area contributed by atoms with E-state index in [-0.39, 0.29) is 5.91 Å². The van der Waals surface area contributed by atoms with Crippen LogP contribution in [0.25, 0.3) is 0 Å². The maximum atomic E-state index is 12.5. The van der Waals surface area contributed by atoms with Gasteiger partial charge in [0.1, 0.15) is 6.26 Å². The Morgan fingerprint density at radius 1 is 1.16 bits per heavy atom. The number of carbonyl (C=O) groups excluding carboxylic acids is 1. The van der Waals surface area contributed by atoms with Crippen molar-refractivity contribution in [2.75, 3.05) is 26.2 Å². The summed E-state index contributed by atoms with van der Waals surface area (Å²) in [6.45, 7) is 3.24. The number of nitrogens with one attached hydrogen (secondary N) is 1. The summed E-state index contributed by atoms with van der Waals surface area (Å²) in [5.41, 5.74) is 2.70. The van der Waals surface area contributed by atoms with Crippen molar-refractivity contribution < 1.29 is 9.32 Å². The topological polar surface area (TPSA) is 58.4 Å². The Bertz CT molecular complexity index is 595. The van der Waals surface area contributed by atoms with Gasteiger partial charge in [0.2, 0.25) is 5.91 Å². The first-order chi connectivity index (χ1) is 12.2. The molecule has 5 heteroatoms. The van der Waals surface area contributed by atoms with Gasteiger partial charge in [0.05, 0.1) is 12.2 Å². The molecule has 0 aromatic carbocycles. The monoisotopic (exact) mass is 343 g/mol. The lowest BCUT2D eigenvalue weighted by Crippen LogP contribution is -2.52. The summed E-state index contributed by atoms with van der Waals surface area (Å²) in [6, 6.07) is 0. The first-order valence-corrected chi connectivity index (χ1v) is 10.1. The molecule has 136 valence electrons. The van der Waals surface area contributed by atoms with Gasteiger partial charge in [-0.05, 0) is 68.1 Å². The third-order valence-corrected chi connectivity index (χ3v) is 7.28. The molecule has 1 aromatic rings. The maximum Gasteiger partial charge on any atom is 0.234 e. The normalized spacial score (nSPS) is 36.9.